The van der Waals surface area contributed by atoms with Gasteiger partial charge in [-0.3, -0.25) is 5.32 Å². The van der Waals surface area contributed by atoms with E-state index in [2.05, 4.69) is 10.1 Å². The normalized spacial score (nSPS) is 9.53. The highest BCUT2D eigenvalue weighted by molar-refractivity contribution is 5.86. The molecule has 0 unspecified atom stereocenters. The number of hydrogen-bond donors (Lipinski definition) is 2. The number of carbonyl (C=O) groups is 1. The molecule has 1 aromatic carbocycles. The van der Waals surface area contributed by atoms with Crippen molar-refractivity contribution in [2.45, 2.75) is 6.61 Å². The molecule has 2 N–H and O–H groups in total. The number of ether oxygens (including phenoxy) is 2. The molecule has 1 rings (SSSR count). The van der Waals surface area contributed by atoms with Gasteiger partial charge in [0.25, 0.3) is 0 Å². The molecule has 0 saturated carbocycles. The lowest BCUT2D eigenvalue weighted by atomic mass is 10.1. The average Bonchev–Trinajstić information content (AvgIpc) is 2.28. The summed E-state index contributed by atoms with van der Waals surface area (Å²) in [7, 11) is 2.77. The molecular weight excluding hydrogens is 198 g/mol. The molecule has 0 fully saturated rings. The maximum absolute atomic E-state index is 11.0. The first-order valence-electron chi connectivity index (χ1n) is 4.34. The van der Waals surface area contributed by atoms with E-state index in [4.69, 9.17) is 9.84 Å². The summed E-state index contributed by atoms with van der Waals surface area (Å²) in [4.78, 5) is 11.0. The minimum absolute atomic E-state index is 0.219. The highest BCUT2D eigenvalue weighted by atomic mass is 16.5. The van der Waals surface area contributed by atoms with Crippen molar-refractivity contribution in [1.82, 2.24) is 0 Å². The highest BCUT2D eigenvalue weighted by Crippen LogP contribution is 2.26. The number of amides is 1. The van der Waals surface area contributed by atoms with Crippen LogP contribution in [0.4, 0.5) is 10.5 Å². The van der Waals surface area contributed by atoms with E-state index in [-0.39, 0.29) is 6.61 Å². The molecule has 0 heterocycles. The number of rotatable bonds is 3. The second-order valence-corrected chi connectivity index (χ2v) is 2.76. The van der Waals surface area contributed by atoms with E-state index in [1.165, 1.54) is 14.2 Å². The number of benzene rings is 1. The molecule has 0 bridgehead atoms. The third kappa shape index (κ3) is 2.60. The first-order valence-corrected chi connectivity index (χ1v) is 4.34. The van der Waals surface area contributed by atoms with Gasteiger partial charge in [0.15, 0.2) is 0 Å². The third-order valence-electron chi connectivity index (χ3n) is 1.93. The molecule has 0 saturated heterocycles. The van der Waals surface area contributed by atoms with Crippen LogP contribution in [0.2, 0.25) is 0 Å². The first-order chi connectivity index (χ1) is 7.22. The van der Waals surface area contributed by atoms with Gasteiger partial charge in [0, 0.05) is 5.56 Å². The first kappa shape index (κ1) is 11.3. The number of methoxy groups -OCH3 is 2. The second kappa shape index (κ2) is 5.21. The number of carbonyl (C=O) groups excluding carboxylic acids is 1. The molecule has 0 aliphatic heterocycles. The van der Waals surface area contributed by atoms with Crippen LogP contribution in [0, 0.1) is 0 Å². The summed E-state index contributed by atoms with van der Waals surface area (Å²) in [5.74, 6) is 0.520. The van der Waals surface area contributed by atoms with Crippen LogP contribution in [-0.2, 0) is 11.3 Å². The molecule has 0 radical (unpaired) electrons. The Kier molecular flexibility index (Phi) is 3.93. The van der Waals surface area contributed by atoms with E-state index < -0.39 is 6.09 Å². The molecule has 0 atom stereocenters. The lowest BCUT2D eigenvalue weighted by molar-refractivity contribution is 0.187. The lowest BCUT2D eigenvalue weighted by Gasteiger charge is -2.11. The van der Waals surface area contributed by atoms with Crippen molar-refractivity contribution in [3.8, 4) is 5.75 Å². The summed E-state index contributed by atoms with van der Waals surface area (Å²) >= 11 is 0. The number of anilines is 1. The SMILES string of the molecule is COC(=O)Nc1cccc(OC)c1CO. The monoisotopic (exact) mass is 211 g/mol. The van der Waals surface area contributed by atoms with Gasteiger partial charge in [0.2, 0.25) is 0 Å². The van der Waals surface area contributed by atoms with Crippen LogP contribution in [0.3, 0.4) is 0 Å². The van der Waals surface area contributed by atoms with E-state index in [1.54, 1.807) is 18.2 Å². The Morgan fingerprint density at radius 1 is 1.47 bits per heavy atom. The Labute approximate surface area is 87.6 Å². The van der Waals surface area contributed by atoms with Gasteiger partial charge in [-0.2, -0.15) is 0 Å². The topological polar surface area (TPSA) is 67.8 Å². The summed E-state index contributed by atoms with van der Waals surface area (Å²) in [5, 5.41) is 11.6. The average molecular weight is 211 g/mol. The Morgan fingerprint density at radius 3 is 2.73 bits per heavy atom. The molecule has 5 nitrogen and oxygen atoms in total. The number of aliphatic hydroxyl groups is 1. The maximum atomic E-state index is 11.0. The molecular formula is C10H13NO4. The summed E-state index contributed by atoms with van der Waals surface area (Å²) < 4.78 is 9.49. The number of hydrogen-bond acceptors (Lipinski definition) is 4. The van der Waals surface area contributed by atoms with Crippen molar-refractivity contribution in [3.63, 3.8) is 0 Å². The van der Waals surface area contributed by atoms with Crippen molar-refractivity contribution in [1.29, 1.82) is 0 Å². The van der Waals surface area contributed by atoms with Gasteiger partial charge in [0.05, 0.1) is 26.5 Å². The predicted octanol–water partition coefficient (Wildman–Crippen LogP) is 1.37. The van der Waals surface area contributed by atoms with Crippen molar-refractivity contribution in [2.24, 2.45) is 0 Å². The van der Waals surface area contributed by atoms with E-state index in [0.717, 1.165) is 0 Å². The molecule has 82 valence electrons. The quantitative estimate of drug-likeness (QED) is 0.792. The standard InChI is InChI=1S/C10H13NO4/c1-14-9-5-3-4-8(7(9)6-12)11-10(13)15-2/h3-5,12H,6H2,1-2H3,(H,11,13). The Morgan fingerprint density at radius 2 is 2.20 bits per heavy atom. The summed E-state index contributed by atoms with van der Waals surface area (Å²) in [5.41, 5.74) is 0.995. The number of nitrogens with one attached hydrogen (secondary N) is 1. The van der Waals surface area contributed by atoms with Gasteiger partial charge in [-0.15, -0.1) is 0 Å². The molecule has 15 heavy (non-hydrogen) atoms. The van der Waals surface area contributed by atoms with Crippen LogP contribution in [0.5, 0.6) is 5.75 Å². The minimum atomic E-state index is -0.585. The smallest absolute Gasteiger partial charge is 0.411 e. The molecule has 1 aromatic rings. The van der Waals surface area contributed by atoms with E-state index in [9.17, 15) is 4.79 Å². The van der Waals surface area contributed by atoms with Gasteiger partial charge < -0.3 is 14.6 Å². The number of aliphatic hydroxyl groups excluding tert-OH is 1. The zero-order chi connectivity index (χ0) is 11.3. The fourth-order valence-corrected chi connectivity index (χ4v) is 1.20. The summed E-state index contributed by atoms with van der Waals surface area (Å²) in [6.07, 6.45) is -0.585. The molecule has 0 aliphatic carbocycles. The van der Waals surface area contributed by atoms with Crippen molar-refractivity contribution >= 4 is 11.8 Å². The molecule has 0 aromatic heterocycles. The van der Waals surface area contributed by atoms with Crippen LogP contribution in [0.15, 0.2) is 18.2 Å². The van der Waals surface area contributed by atoms with Gasteiger partial charge in [-0.1, -0.05) is 6.07 Å². The van der Waals surface area contributed by atoms with Crippen LogP contribution in [0.25, 0.3) is 0 Å². The predicted molar refractivity (Wildman–Crippen MR) is 54.9 cm³/mol. The third-order valence-corrected chi connectivity index (χ3v) is 1.93. The highest BCUT2D eigenvalue weighted by Gasteiger charge is 2.10. The molecule has 5 heteroatoms. The van der Waals surface area contributed by atoms with E-state index >= 15 is 0 Å². The zero-order valence-electron chi connectivity index (χ0n) is 8.61. The lowest BCUT2D eigenvalue weighted by Crippen LogP contribution is -2.13. The van der Waals surface area contributed by atoms with Crippen molar-refractivity contribution < 1.29 is 19.4 Å². The summed E-state index contributed by atoms with van der Waals surface area (Å²) in [6, 6.07) is 5.07. The molecule has 0 aliphatic rings. The molecule has 0 spiro atoms. The fourth-order valence-electron chi connectivity index (χ4n) is 1.20. The second-order valence-electron chi connectivity index (χ2n) is 2.76. The Bertz CT molecular complexity index is 351. The fraction of sp³-hybridized carbons (Fsp3) is 0.300. The minimum Gasteiger partial charge on any atom is -0.496 e. The summed E-state index contributed by atoms with van der Waals surface area (Å²) in [6.45, 7) is -0.219. The van der Waals surface area contributed by atoms with Gasteiger partial charge in [0.1, 0.15) is 5.75 Å². The van der Waals surface area contributed by atoms with Crippen LogP contribution in [-0.4, -0.2) is 25.4 Å². The molecule has 1 amide bonds. The van der Waals surface area contributed by atoms with E-state index in [0.29, 0.717) is 17.0 Å². The van der Waals surface area contributed by atoms with Gasteiger partial charge in [-0.25, -0.2) is 4.79 Å². The van der Waals surface area contributed by atoms with Crippen molar-refractivity contribution in [2.75, 3.05) is 19.5 Å². The van der Waals surface area contributed by atoms with Crippen molar-refractivity contribution in [3.05, 3.63) is 23.8 Å². The Balaban J connectivity index is 3.00. The van der Waals surface area contributed by atoms with Crippen LogP contribution in [0.1, 0.15) is 5.56 Å². The van der Waals surface area contributed by atoms with Crippen LogP contribution < -0.4 is 10.1 Å². The Hall–Kier alpha value is -1.75. The maximum Gasteiger partial charge on any atom is 0.411 e. The van der Waals surface area contributed by atoms with Crippen LogP contribution >= 0.6 is 0 Å². The van der Waals surface area contributed by atoms with E-state index in [1.807, 2.05) is 0 Å². The largest absolute Gasteiger partial charge is 0.496 e. The van der Waals surface area contributed by atoms with Gasteiger partial charge in [-0.05, 0) is 12.1 Å². The zero-order valence-corrected chi connectivity index (χ0v) is 8.61. The van der Waals surface area contributed by atoms with Gasteiger partial charge >= 0.3 is 6.09 Å².